The number of hydrogen-bond donors (Lipinski definition) is 0. The van der Waals surface area contributed by atoms with Crippen molar-refractivity contribution in [2.24, 2.45) is 0 Å². The van der Waals surface area contributed by atoms with Gasteiger partial charge in [0.05, 0.1) is 0 Å². The Hall–Kier alpha value is -9.38. The second-order valence-corrected chi connectivity index (χ2v) is 27.0. The second kappa shape index (κ2) is 17.6. The molecule has 12 aromatic carbocycles. The lowest BCUT2D eigenvalue weighted by Crippen LogP contribution is -2.17. The molecule has 0 unspecified atom stereocenters. The molecule has 4 nitrogen and oxygen atoms in total. The summed E-state index contributed by atoms with van der Waals surface area (Å²) in [5, 5.41) is 11.7. The zero-order chi connectivity index (χ0) is 57.3. The average molecular weight is 1090 g/mol. The highest BCUT2D eigenvalue weighted by atomic mass is 16.3. The van der Waals surface area contributed by atoms with Gasteiger partial charge < -0.3 is 18.6 Å². The van der Waals surface area contributed by atoms with Gasteiger partial charge in [-0.3, -0.25) is 0 Å². The molecule has 2 aliphatic carbocycles. The van der Waals surface area contributed by atoms with E-state index >= 15 is 0 Å². The molecule has 84 heavy (non-hydrogen) atoms. The van der Waals surface area contributed by atoms with Crippen molar-refractivity contribution in [3.63, 3.8) is 0 Å². The van der Waals surface area contributed by atoms with Crippen molar-refractivity contribution in [1.82, 2.24) is 0 Å². The molecular formula is C80H66N2O2. The first kappa shape index (κ1) is 50.4. The van der Waals surface area contributed by atoms with E-state index in [2.05, 4.69) is 297 Å². The molecule has 0 amide bonds. The van der Waals surface area contributed by atoms with Crippen LogP contribution in [-0.2, 0) is 21.7 Å². The van der Waals surface area contributed by atoms with Crippen LogP contribution in [0.3, 0.4) is 0 Å². The Balaban J connectivity index is 0.785. The molecule has 0 bridgehead atoms. The largest absolute Gasteiger partial charge is 0.456 e. The molecule has 16 rings (SSSR count). The summed E-state index contributed by atoms with van der Waals surface area (Å²) in [4.78, 5) is 4.79. The Labute approximate surface area is 491 Å². The van der Waals surface area contributed by atoms with Crippen LogP contribution in [0.1, 0.15) is 103 Å². The Morgan fingerprint density at radius 2 is 0.643 bits per heavy atom. The summed E-state index contributed by atoms with van der Waals surface area (Å²) < 4.78 is 13.8. The normalized spacial score (nSPS) is 14.3. The molecule has 0 saturated heterocycles. The molecule has 2 heterocycles. The zero-order valence-electron chi connectivity index (χ0n) is 49.5. The molecule has 0 saturated carbocycles. The highest BCUT2D eigenvalue weighted by Gasteiger charge is 2.39. The molecular weight excluding hydrogens is 1020 g/mol. The van der Waals surface area contributed by atoms with Gasteiger partial charge in [-0.1, -0.05) is 178 Å². The van der Waals surface area contributed by atoms with E-state index in [-0.39, 0.29) is 21.7 Å². The van der Waals surface area contributed by atoms with E-state index in [1.165, 1.54) is 77.2 Å². The van der Waals surface area contributed by atoms with Crippen molar-refractivity contribution in [2.45, 2.75) is 90.9 Å². The summed E-state index contributed by atoms with van der Waals surface area (Å²) in [5.74, 6) is 0. The van der Waals surface area contributed by atoms with E-state index in [4.69, 9.17) is 8.83 Å². The Bertz CT molecular complexity index is 4780. The number of anilines is 6. The molecule has 408 valence electrons. The van der Waals surface area contributed by atoms with Crippen LogP contribution in [0.2, 0.25) is 0 Å². The summed E-state index contributed by atoms with van der Waals surface area (Å²) in [6.07, 6.45) is 0. The molecule has 14 aromatic rings. The van der Waals surface area contributed by atoms with Crippen molar-refractivity contribution in [2.75, 3.05) is 9.80 Å². The summed E-state index contributed by atoms with van der Waals surface area (Å²) in [5.41, 5.74) is 22.9. The van der Waals surface area contributed by atoms with Gasteiger partial charge in [-0.15, -0.1) is 0 Å². The Morgan fingerprint density at radius 1 is 0.286 bits per heavy atom. The number of benzene rings is 12. The minimum atomic E-state index is -0.181. The lowest BCUT2D eigenvalue weighted by molar-refractivity contribution is 0.590. The van der Waals surface area contributed by atoms with Crippen LogP contribution in [0.4, 0.5) is 34.1 Å². The fourth-order valence-electron chi connectivity index (χ4n) is 14.4. The molecule has 0 fully saturated rings. The smallest absolute Gasteiger partial charge is 0.137 e. The highest BCUT2D eigenvalue weighted by Crippen LogP contribution is 2.55. The number of fused-ring (bicyclic) bond motifs is 17. The van der Waals surface area contributed by atoms with Crippen LogP contribution < -0.4 is 9.80 Å². The molecule has 0 atom stereocenters. The molecule has 2 aliphatic rings. The van der Waals surface area contributed by atoms with Gasteiger partial charge in [0.25, 0.3) is 0 Å². The number of hydrogen-bond acceptors (Lipinski definition) is 4. The average Bonchev–Trinajstić information content (AvgIpc) is 2.27. The van der Waals surface area contributed by atoms with Gasteiger partial charge in [0.1, 0.15) is 22.3 Å². The maximum Gasteiger partial charge on any atom is 0.137 e. The quantitative estimate of drug-likeness (QED) is 0.166. The van der Waals surface area contributed by atoms with Crippen LogP contribution in [0.15, 0.2) is 227 Å². The van der Waals surface area contributed by atoms with Gasteiger partial charge in [-0.05, 0) is 196 Å². The number of rotatable bonds is 6. The molecule has 0 aliphatic heterocycles. The molecule has 0 N–H and O–H groups in total. The van der Waals surface area contributed by atoms with E-state index in [0.717, 1.165) is 88.8 Å². The van der Waals surface area contributed by atoms with Gasteiger partial charge in [-0.2, -0.15) is 0 Å². The van der Waals surface area contributed by atoms with Gasteiger partial charge in [-0.25, -0.2) is 0 Å². The number of furan rings is 2. The van der Waals surface area contributed by atoms with Gasteiger partial charge in [0.15, 0.2) is 0 Å². The monoisotopic (exact) mass is 1090 g/mol. The zero-order valence-corrected chi connectivity index (χ0v) is 49.5. The summed E-state index contributed by atoms with van der Waals surface area (Å²) in [6, 6.07) is 81.6. The molecule has 0 radical (unpaired) electrons. The van der Waals surface area contributed by atoms with Crippen molar-refractivity contribution >= 4 is 110 Å². The molecule has 4 heteroatoms. The topological polar surface area (TPSA) is 32.8 Å². The first-order valence-electron chi connectivity index (χ1n) is 29.8. The third-order valence-corrected chi connectivity index (χ3v) is 19.1. The highest BCUT2D eigenvalue weighted by molar-refractivity contribution is 6.16. The fourth-order valence-corrected chi connectivity index (χ4v) is 14.4. The minimum absolute atomic E-state index is 0.0277. The van der Waals surface area contributed by atoms with Crippen LogP contribution in [-0.4, -0.2) is 0 Å². The summed E-state index contributed by atoms with van der Waals surface area (Å²) in [7, 11) is 0. The maximum atomic E-state index is 6.92. The third kappa shape index (κ3) is 7.52. The SMILES string of the molecule is CC(C)(C)c1ccc(N(c2ccc3c(c2)C(C)(C)c2ccc4ccccc4c2-3)c2ccc3c(c2)oc2cc4cc5oc6cc(N(c7ccc(C(C)(C)C)cc7)c7ccc8c(c7)C(C)(C)c7ccc9ccccc9c7-8)ccc6c5cc4cc23)cc1. The van der Waals surface area contributed by atoms with Gasteiger partial charge >= 0.3 is 0 Å². The molecule has 2 aromatic heterocycles. The fraction of sp³-hybridized carbons (Fsp3) is 0.175. The van der Waals surface area contributed by atoms with E-state index in [0.29, 0.717) is 0 Å². The molecule has 0 spiro atoms. The van der Waals surface area contributed by atoms with E-state index in [1.54, 1.807) is 0 Å². The van der Waals surface area contributed by atoms with E-state index in [9.17, 15) is 0 Å². The van der Waals surface area contributed by atoms with Crippen molar-refractivity contribution in [3.05, 3.63) is 252 Å². The maximum absolute atomic E-state index is 6.92. The lowest BCUT2D eigenvalue weighted by atomic mass is 9.82. The first-order chi connectivity index (χ1) is 40.4. The van der Waals surface area contributed by atoms with Crippen LogP contribution in [0.5, 0.6) is 0 Å². The van der Waals surface area contributed by atoms with Crippen LogP contribution in [0, 0.1) is 0 Å². The minimum Gasteiger partial charge on any atom is -0.456 e. The van der Waals surface area contributed by atoms with Gasteiger partial charge in [0.2, 0.25) is 0 Å². The van der Waals surface area contributed by atoms with Crippen molar-refractivity contribution in [3.8, 4) is 22.3 Å². The van der Waals surface area contributed by atoms with E-state index in [1.807, 2.05) is 0 Å². The predicted molar refractivity (Wildman–Crippen MR) is 355 cm³/mol. The standard InChI is InChI=1S/C80H66N2O2/c1-77(2,3)51-21-25-53(26-22-51)81(55-31-35-63-69(43-55)79(7,8)67-37-19-47-15-11-13-17-59(47)75(63)67)57-29-33-61-65-39-49-40-66-62-34-30-58(46-74(62)84-72(66)42-50(49)41-71(65)83-73(61)45-57)82(54-27-23-52(24-28-54)78(4,5)6)56-32-36-64-70(44-56)80(9,10)68-38-20-48-16-12-14-18-60(48)76(64)68/h11-46H,1-10H3. The van der Waals surface area contributed by atoms with E-state index < -0.39 is 0 Å². The summed E-state index contributed by atoms with van der Waals surface area (Å²) in [6.45, 7) is 23.1. The number of nitrogens with zero attached hydrogens (tertiary/aromatic N) is 2. The van der Waals surface area contributed by atoms with Gasteiger partial charge in [0, 0.05) is 78.6 Å². The van der Waals surface area contributed by atoms with Crippen molar-refractivity contribution in [1.29, 1.82) is 0 Å². The van der Waals surface area contributed by atoms with Crippen LogP contribution >= 0.6 is 0 Å². The lowest BCUT2D eigenvalue weighted by Gasteiger charge is -2.29. The van der Waals surface area contributed by atoms with Crippen LogP contribution in [0.25, 0.3) is 98.4 Å². The first-order valence-corrected chi connectivity index (χ1v) is 29.8. The Kier molecular flexibility index (Phi) is 10.5. The third-order valence-electron chi connectivity index (χ3n) is 19.1. The summed E-state index contributed by atoms with van der Waals surface area (Å²) >= 11 is 0. The predicted octanol–water partition coefficient (Wildman–Crippen LogP) is 23.1. The Morgan fingerprint density at radius 3 is 1.06 bits per heavy atom. The second-order valence-electron chi connectivity index (χ2n) is 27.0. The van der Waals surface area contributed by atoms with Crippen molar-refractivity contribution < 1.29 is 8.83 Å².